The van der Waals surface area contributed by atoms with Gasteiger partial charge >= 0.3 is 0 Å². The van der Waals surface area contributed by atoms with Crippen molar-refractivity contribution in [3.63, 3.8) is 0 Å². The molecule has 0 saturated carbocycles. The lowest BCUT2D eigenvalue weighted by atomic mass is 9.82. The summed E-state index contributed by atoms with van der Waals surface area (Å²) in [4.78, 5) is 15.0. The minimum absolute atomic E-state index is 0.218. The average Bonchev–Trinajstić information content (AvgIpc) is 2.94. The first kappa shape index (κ1) is 15.0. The lowest BCUT2D eigenvalue weighted by Gasteiger charge is -2.23. The Kier molecular flexibility index (Phi) is 4.71. The molecule has 2 aliphatic rings. The van der Waals surface area contributed by atoms with E-state index in [2.05, 4.69) is 33.8 Å². The zero-order valence-electron chi connectivity index (χ0n) is 12.1. The van der Waals surface area contributed by atoms with Crippen molar-refractivity contribution in [2.45, 2.75) is 11.3 Å². The maximum absolute atomic E-state index is 10.9. The largest absolute Gasteiger partial charge is 0.329 e. The highest BCUT2D eigenvalue weighted by molar-refractivity contribution is 6.23. The monoisotopic (exact) mass is 315 g/mol. The standard InChI is InChI=1S/C17H18ClN3O/c18-13-2-1-3-14(17(8-13)21-11-22)16-10-20-9-15(16)12-4-6-19-7-5-12/h1-8,11,13,15-16,20H,9-10H2,(H,21,22). The summed E-state index contributed by atoms with van der Waals surface area (Å²) in [5.41, 5.74) is 3.16. The van der Waals surface area contributed by atoms with E-state index in [1.54, 1.807) is 0 Å². The van der Waals surface area contributed by atoms with Crippen LogP contribution >= 0.6 is 11.6 Å². The molecular weight excluding hydrogens is 298 g/mol. The van der Waals surface area contributed by atoms with Crippen LogP contribution in [0, 0.1) is 5.92 Å². The lowest BCUT2D eigenvalue weighted by molar-refractivity contribution is -0.108. The molecule has 1 aromatic heterocycles. The summed E-state index contributed by atoms with van der Waals surface area (Å²) in [6, 6.07) is 4.11. The van der Waals surface area contributed by atoms with Crippen LogP contribution in [0.5, 0.6) is 0 Å². The predicted octanol–water partition coefficient (Wildman–Crippen LogP) is 2.12. The van der Waals surface area contributed by atoms with Gasteiger partial charge in [-0.05, 0) is 29.3 Å². The Morgan fingerprint density at radius 2 is 2.05 bits per heavy atom. The average molecular weight is 316 g/mol. The van der Waals surface area contributed by atoms with E-state index in [-0.39, 0.29) is 11.3 Å². The van der Waals surface area contributed by atoms with Gasteiger partial charge in [0.15, 0.2) is 0 Å². The van der Waals surface area contributed by atoms with Crippen LogP contribution in [0.25, 0.3) is 0 Å². The second-order valence-electron chi connectivity index (χ2n) is 5.45. The summed E-state index contributed by atoms with van der Waals surface area (Å²) < 4.78 is 0. The highest BCUT2D eigenvalue weighted by atomic mass is 35.5. The molecule has 2 N–H and O–H groups in total. The molecule has 114 valence electrons. The highest BCUT2D eigenvalue weighted by Crippen LogP contribution is 2.36. The molecule has 4 nitrogen and oxygen atoms in total. The number of alkyl halides is 1. The summed E-state index contributed by atoms with van der Waals surface area (Å²) in [5.74, 6) is 0.638. The molecule has 5 heteroatoms. The molecule has 1 aliphatic carbocycles. The van der Waals surface area contributed by atoms with Gasteiger partial charge in [-0.25, -0.2) is 0 Å². The third-order valence-corrected chi connectivity index (χ3v) is 4.44. The number of carbonyl (C=O) groups is 1. The van der Waals surface area contributed by atoms with Crippen LogP contribution in [0.1, 0.15) is 11.5 Å². The summed E-state index contributed by atoms with van der Waals surface area (Å²) >= 11 is 6.20. The van der Waals surface area contributed by atoms with Crippen molar-refractivity contribution in [2.75, 3.05) is 13.1 Å². The lowest BCUT2D eigenvalue weighted by Crippen LogP contribution is -2.22. The van der Waals surface area contributed by atoms with Gasteiger partial charge in [0.2, 0.25) is 6.41 Å². The summed E-state index contributed by atoms with van der Waals surface area (Å²) in [7, 11) is 0. The first-order valence-corrected chi connectivity index (χ1v) is 7.78. The Morgan fingerprint density at radius 3 is 2.82 bits per heavy atom. The van der Waals surface area contributed by atoms with Gasteiger partial charge in [0.05, 0.1) is 5.38 Å². The quantitative estimate of drug-likeness (QED) is 0.661. The van der Waals surface area contributed by atoms with Crippen molar-refractivity contribution in [1.82, 2.24) is 15.6 Å². The van der Waals surface area contributed by atoms with Crippen LogP contribution in [0.2, 0.25) is 0 Å². The van der Waals surface area contributed by atoms with E-state index in [1.165, 1.54) is 5.56 Å². The number of hydrogen-bond acceptors (Lipinski definition) is 3. The summed E-state index contributed by atoms with van der Waals surface area (Å²) in [6.45, 7) is 1.78. The fourth-order valence-electron chi connectivity index (χ4n) is 3.15. The Labute approximate surface area is 135 Å². The summed E-state index contributed by atoms with van der Waals surface area (Å²) in [5, 5.41) is 6.03. The Balaban J connectivity index is 1.93. The zero-order chi connectivity index (χ0) is 15.4. The predicted molar refractivity (Wildman–Crippen MR) is 87.5 cm³/mol. The van der Waals surface area contributed by atoms with Crippen LogP contribution in [-0.4, -0.2) is 29.9 Å². The van der Waals surface area contributed by atoms with Crippen molar-refractivity contribution in [2.24, 2.45) is 5.92 Å². The van der Waals surface area contributed by atoms with Crippen molar-refractivity contribution < 1.29 is 4.79 Å². The molecule has 1 aliphatic heterocycles. The molecule has 3 rings (SSSR count). The third-order valence-electron chi connectivity index (χ3n) is 4.17. The topological polar surface area (TPSA) is 54.0 Å². The van der Waals surface area contributed by atoms with E-state index < -0.39 is 0 Å². The highest BCUT2D eigenvalue weighted by Gasteiger charge is 2.32. The molecule has 1 aromatic rings. The Bertz CT molecular complexity index is 624. The van der Waals surface area contributed by atoms with E-state index >= 15 is 0 Å². The summed E-state index contributed by atoms with van der Waals surface area (Å²) in [6.07, 6.45) is 12.2. The number of pyridine rings is 1. The molecule has 0 bridgehead atoms. The number of amides is 1. The zero-order valence-corrected chi connectivity index (χ0v) is 12.8. The number of carbonyl (C=O) groups excluding carboxylic acids is 1. The normalized spacial score (nSPS) is 27.8. The number of aromatic nitrogens is 1. The fourth-order valence-corrected chi connectivity index (χ4v) is 3.36. The minimum Gasteiger partial charge on any atom is -0.329 e. The van der Waals surface area contributed by atoms with Gasteiger partial charge in [-0.3, -0.25) is 9.78 Å². The first-order chi connectivity index (χ1) is 10.8. The number of nitrogens with one attached hydrogen (secondary N) is 2. The second-order valence-corrected chi connectivity index (χ2v) is 5.95. The van der Waals surface area contributed by atoms with Crippen molar-refractivity contribution in [3.8, 4) is 0 Å². The van der Waals surface area contributed by atoms with E-state index in [1.807, 2.05) is 30.6 Å². The van der Waals surface area contributed by atoms with Gasteiger partial charge in [-0.2, -0.15) is 0 Å². The maximum atomic E-state index is 10.9. The van der Waals surface area contributed by atoms with Crippen LogP contribution < -0.4 is 10.6 Å². The minimum atomic E-state index is -0.218. The molecule has 2 heterocycles. The molecule has 1 saturated heterocycles. The molecule has 3 unspecified atom stereocenters. The van der Waals surface area contributed by atoms with E-state index in [0.29, 0.717) is 12.3 Å². The smallest absolute Gasteiger partial charge is 0.211 e. The molecule has 0 aromatic carbocycles. The van der Waals surface area contributed by atoms with Gasteiger partial charge in [-0.15, -0.1) is 11.6 Å². The van der Waals surface area contributed by atoms with Crippen LogP contribution in [0.4, 0.5) is 0 Å². The molecular formula is C17H18ClN3O. The van der Waals surface area contributed by atoms with E-state index in [4.69, 9.17) is 11.6 Å². The number of hydrogen-bond donors (Lipinski definition) is 2. The van der Waals surface area contributed by atoms with Crippen molar-refractivity contribution in [3.05, 3.63) is 65.7 Å². The number of nitrogens with zero attached hydrogens (tertiary/aromatic N) is 1. The van der Waals surface area contributed by atoms with E-state index in [9.17, 15) is 4.79 Å². The first-order valence-electron chi connectivity index (χ1n) is 7.35. The SMILES string of the molecule is O=CNC1=CC(Cl)C=CC=C1C1CNCC1c1ccncc1. The van der Waals surface area contributed by atoms with Crippen LogP contribution in [-0.2, 0) is 4.79 Å². The van der Waals surface area contributed by atoms with Gasteiger partial charge in [0, 0.05) is 43.0 Å². The van der Waals surface area contributed by atoms with E-state index in [0.717, 1.165) is 24.4 Å². The number of allylic oxidation sites excluding steroid dienone is 5. The van der Waals surface area contributed by atoms with Crippen molar-refractivity contribution >= 4 is 18.0 Å². The number of rotatable bonds is 4. The molecule has 1 amide bonds. The van der Waals surface area contributed by atoms with Gasteiger partial charge in [-0.1, -0.05) is 18.2 Å². The Hall–Kier alpha value is -1.91. The molecule has 3 atom stereocenters. The molecule has 0 radical (unpaired) electrons. The molecule has 0 spiro atoms. The van der Waals surface area contributed by atoms with Crippen LogP contribution in [0.3, 0.4) is 0 Å². The van der Waals surface area contributed by atoms with Gasteiger partial charge in [0.25, 0.3) is 0 Å². The van der Waals surface area contributed by atoms with Crippen molar-refractivity contribution in [1.29, 1.82) is 0 Å². The Morgan fingerprint density at radius 1 is 1.27 bits per heavy atom. The molecule has 22 heavy (non-hydrogen) atoms. The second kappa shape index (κ2) is 6.90. The van der Waals surface area contributed by atoms with Gasteiger partial charge in [0.1, 0.15) is 0 Å². The fraction of sp³-hybridized carbons (Fsp3) is 0.294. The number of halogens is 1. The third kappa shape index (κ3) is 3.13. The maximum Gasteiger partial charge on any atom is 0.211 e. The van der Waals surface area contributed by atoms with Gasteiger partial charge < -0.3 is 10.6 Å². The van der Waals surface area contributed by atoms with Crippen LogP contribution in [0.15, 0.2) is 60.1 Å². The molecule has 1 fully saturated rings.